The van der Waals surface area contributed by atoms with Crippen LogP contribution in [0.4, 0.5) is 13.2 Å². The largest absolute Gasteiger partial charge is 0.573 e. The molecule has 0 heterocycles. The normalized spacial score (nSPS) is 10.7. The number of benzene rings is 1. The Balaban J connectivity index is 3.31. The van der Waals surface area contributed by atoms with Crippen LogP contribution in [0.1, 0.15) is 21.5 Å². The first-order valence-corrected chi connectivity index (χ1v) is 4.68. The lowest BCUT2D eigenvalue weighted by Gasteiger charge is -2.13. The minimum atomic E-state index is -4.90. The number of carbonyl (C=O) groups is 1. The van der Waals surface area contributed by atoms with Crippen LogP contribution in [0.15, 0.2) is 12.1 Å². The standard InChI is InChI=1S/C11H8F3NO3/c1-6-7(10(16)17-2)3-4-9(8(6)5-15)18-11(12,13)14/h3-4H,1-2H3. The zero-order valence-electron chi connectivity index (χ0n) is 9.46. The average molecular weight is 259 g/mol. The van der Waals surface area contributed by atoms with Gasteiger partial charge in [0.1, 0.15) is 11.8 Å². The molecule has 18 heavy (non-hydrogen) atoms. The van der Waals surface area contributed by atoms with E-state index in [1.54, 1.807) is 6.07 Å². The molecule has 7 heteroatoms. The summed E-state index contributed by atoms with van der Waals surface area (Å²) in [4.78, 5) is 11.3. The van der Waals surface area contributed by atoms with Gasteiger partial charge >= 0.3 is 12.3 Å². The van der Waals surface area contributed by atoms with E-state index in [1.807, 2.05) is 0 Å². The SMILES string of the molecule is COC(=O)c1ccc(OC(F)(F)F)c(C#N)c1C. The number of rotatable bonds is 2. The number of esters is 1. The van der Waals surface area contributed by atoms with Crippen molar-refractivity contribution < 1.29 is 27.4 Å². The Morgan fingerprint density at radius 3 is 2.44 bits per heavy atom. The van der Waals surface area contributed by atoms with E-state index in [1.165, 1.54) is 6.92 Å². The summed E-state index contributed by atoms with van der Waals surface area (Å²) in [6.45, 7) is 1.34. The maximum Gasteiger partial charge on any atom is 0.573 e. The number of methoxy groups -OCH3 is 1. The number of carbonyl (C=O) groups excluding carboxylic acids is 1. The molecule has 0 aliphatic rings. The van der Waals surface area contributed by atoms with Gasteiger partial charge in [0, 0.05) is 0 Å². The van der Waals surface area contributed by atoms with Crippen molar-refractivity contribution in [3.8, 4) is 11.8 Å². The molecule has 0 amide bonds. The van der Waals surface area contributed by atoms with Crippen LogP contribution in [0.3, 0.4) is 0 Å². The molecule has 0 radical (unpaired) electrons. The number of nitrogens with zero attached hydrogens (tertiary/aromatic N) is 1. The fourth-order valence-corrected chi connectivity index (χ4v) is 1.37. The molecular weight excluding hydrogens is 251 g/mol. The van der Waals surface area contributed by atoms with Crippen molar-refractivity contribution >= 4 is 5.97 Å². The summed E-state index contributed by atoms with van der Waals surface area (Å²) in [7, 11) is 1.13. The van der Waals surface area contributed by atoms with E-state index < -0.39 is 18.1 Å². The molecule has 0 bridgehead atoms. The summed E-state index contributed by atoms with van der Waals surface area (Å²) < 4.78 is 44.4. The highest BCUT2D eigenvalue weighted by atomic mass is 19.4. The Bertz CT molecular complexity index is 517. The summed E-state index contributed by atoms with van der Waals surface area (Å²) in [6.07, 6.45) is -4.90. The quantitative estimate of drug-likeness (QED) is 0.766. The van der Waals surface area contributed by atoms with E-state index in [-0.39, 0.29) is 16.7 Å². The molecule has 0 atom stereocenters. The van der Waals surface area contributed by atoms with Crippen molar-refractivity contribution in [1.29, 1.82) is 5.26 Å². The van der Waals surface area contributed by atoms with Crippen LogP contribution in [-0.2, 0) is 4.74 Å². The van der Waals surface area contributed by atoms with Gasteiger partial charge in [-0.1, -0.05) is 0 Å². The second-order valence-electron chi connectivity index (χ2n) is 3.26. The van der Waals surface area contributed by atoms with Gasteiger partial charge in [0.15, 0.2) is 0 Å². The van der Waals surface area contributed by atoms with E-state index in [0.29, 0.717) is 0 Å². The minimum absolute atomic E-state index is 0.0172. The molecule has 0 fully saturated rings. The third-order valence-electron chi connectivity index (χ3n) is 2.17. The lowest BCUT2D eigenvalue weighted by molar-refractivity contribution is -0.274. The predicted octanol–water partition coefficient (Wildman–Crippen LogP) is 2.55. The lowest BCUT2D eigenvalue weighted by Crippen LogP contribution is -2.18. The zero-order chi connectivity index (χ0) is 13.9. The summed E-state index contributed by atoms with van der Waals surface area (Å²) in [5, 5.41) is 8.83. The first-order valence-electron chi connectivity index (χ1n) is 4.68. The molecule has 0 saturated heterocycles. The van der Waals surface area contributed by atoms with Crippen LogP contribution in [0.2, 0.25) is 0 Å². The molecule has 96 valence electrons. The number of nitriles is 1. The van der Waals surface area contributed by atoms with Crippen molar-refractivity contribution in [3.05, 3.63) is 28.8 Å². The highest BCUT2D eigenvalue weighted by molar-refractivity contribution is 5.92. The van der Waals surface area contributed by atoms with E-state index in [4.69, 9.17) is 5.26 Å². The second-order valence-corrected chi connectivity index (χ2v) is 3.26. The number of hydrogen-bond donors (Lipinski definition) is 0. The van der Waals surface area contributed by atoms with Gasteiger partial charge in [-0.05, 0) is 24.6 Å². The molecule has 1 aromatic rings. The van der Waals surface area contributed by atoms with Crippen LogP contribution in [-0.4, -0.2) is 19.4 Å². The fourth-order valence-electron chi connectivity index (χ4n) is 1.37. The second kappa shape index (κ2) is 4.96. The minimum Gasteiger partial charge on any atom is -0.465 e. The molecule has 0 unspecified atom stereocenters. The van der Waals surface area contributed by atoms with E-state index in [2.05, 4.69) is 9.47 Å². The van der Waals surface area contributed by atoms with Crippen LogP contribution in [0.5, 0.6) is 5.75 Å². The molecule has 0 saturated carbocycles. The van der Waals surface area contributed by atoms with Crippen molar-refractivity contribution in [1.82, 2.24) is 0 Å². The van der Waals surface area contributed by atoms with Gasteiger partial charge in [0.2, 0.25) is 0 Å². The van der Waals surface area contributed by atoms with Crippen molar-refractivity contribution in [2.45, 2.75) is 13.3 Å². The summed E-state index contributed by atoms with van der Waals surface area (Å²) in [5.74, 6) is -1.38. The lowest BCUT2D eigenvalue weighted by atomic mass is 10.0. The van der Waals surface area contributed by atoms with Gasteiger partial charge in [-0.2, -0.15) is 5.26 Å². The highest BCUT2D eigenvalue weighted by Gasteiger charge is 2.33. The molecule has 1 rings (SSSR count). The predicted molar refractivity (Wildman–Crippen MR) is 53.9 cm³/mol. The van der Waals surface area contributed by atoms with E-state index in [0.717, 1.165) is 19.2 Å². The Labute approximate surface area is 101 Å². The van der Waals surface area contributed by atoms with Gasteiger partial charge < -0.3 is 9.47 Å². The number of alkyl halides is 3. The molecule has 0 N–H and O–H groups in total. The number of hydrogen-bond acceptors (Lipinski definition) is 4. The average Bonchev–Trinajstić information content (AvgIpc) is 2.26. The topological polar surface area (TPSA) is 59.3 Å². The van der Waals surface area contributed by atoms with Crippen LogP contribution >= 0.6 is 0 Å². The Morgan fingerprint density at radius 2 is 2.00 bits per heavy atom. The molecule has 0 spiro atoms. The zero-order valence-corrected chi connectivity index (χ0v) is 9.46. The first-order chi connectivity index (χ1) is 8.30. The third-order valence-corrected chi connectivity index (χ3v) is 2.17. The van der Waals surface area contributed by atoms with Crippen LogP contribution < -0.4 is 4.74 Å². The van der Waals surface area contributed by atoms with Gasteiger partial charge in [0.05, 0.1) is 18.2 Å². The van der Waals surface area contributed by atoms with Crippen LogP contribution in [0, 0.1) is 18.3 Å². The van der Waals surface area contributed by atoms with Crippen molar-refractivity contribution in [3.63, 3.8) is 0 Å². The molecular formula is C11H8F3NO3. The molecule has 1 aromatic carbocycles. The fraction of sp³-hybridized carbons (Fsp3) is 0.273. The number of halogens is 3. The van der Waals surface area contributed by atoms with Gasteiger partial charge in [0.25, 0.3) is 0 Å². The van der Waals surface area contributed by atoms with Crippen LogP contribution in [0.25, 0.3) is 0 Å². The highest BCUT2D eigenvalue weighted by Crippen LogP contribution is 2.29. The van der Waals surface area contributed by atoms with E-state index >= 15 is 0 Å². The van der Waals surface area contributed by atoms with Gasteiger partial charge in [-0.25, -0.2) is 4.79 Å². The van der Waals surface area contributed by atoms with Crippen molar-refractivity contribution in [2.24, 2.45) is 0 Å². The van der Waals surface area contributed by atoms with Gasteiger partial charge in [-0.15, -0.1) is 13.2 Å². The summed E-state index contributed by atoms with van der Waals surface area (Å²) >= 11 is 0. The monoisotopic (exact) mass is 259 g/mol. The third kappa shape index (κ3) is 2.91. The van der Waals surface area contributed by atoms with Crippen molar-refractivity contribution in [2.75, 3.05) is 7.11 Å². The summed E-state index contributed by atoms with van der Waals surface area (Å²) in [6, 6.07) is 3.60. The number of ether oxygens (including phenoxy) is 2. The Morgan fingerprint density at radius 1 is 1.39 bits per heavy atom. The molecule has 0 aliphatic heterocycles. The Kier molecular flexibility index (Phi) is 3.81. The first kappa shape index (κ1) is 13.8. The van der Waals surface area contributed by atoms with E-state index in [9.17, 15) is 18.0 Å². The van der Waals surface area contributed by atoms with Gasteiger partial charge in [-0.3, -0.25) is 0 Å². The Hall–Kier alpha value is -2.23. The maximum atomic E-state index is 12.1. The molecule has 0 aliphatic carbocycles. The summed E-state index contributed by atoms with van der Waals surface area (Å²) in [5.41, 5.74) is -0.259. The smallest absolute Gasteiger partial charge is 0.465 e. The molecule has 4 nitrogen and oxygen atoms in total. The molecule has 0 aromatic heterocycles. The maximum absolute atomic E-state index is 12.1.